The van der Waals surface area contributed by atoms with Crippen molar-refractivity contribution in [3.8, 4) is 0 Å². The molecule has 0 amide bonds. The van der Waals surface area contributed by atoms with Gasteiger partial charge in [0.05, 0.1) is 11.5 Å². The van der Waals surface area contributed by atoms with Gasteiger partial charge >= 0.3 is 0 Å². The van der Waals surface area contributed by atoms with E-state index in [0.29, 0.717) is 5.56 Å². The van der Waals surface area contributed by atoms with Gasteiger partial charge in [-0.05, 0) is 31.0 Å². The van der Waals surface area contributed by atoms with Crippen molar-refractivity contribution in [1.82, 2.24) is 4.31 Å². The highest BCUT2D eigenvalue weighted by Crippen LogP contribution is 2.18. The molecular formula is C12H19NO3S. The van der Waals surface area contributed by atoms with Crippen LogP contribution in [0.5, 0.6) is 0 Å². The van der Waals surface area contributed by atoms with E-state index < -0.39 is 10.0 Å². The maximum absolute atomic E-state index is 12.2. The van der Waals surface area contributed by atoms with Crippen molar-refractivity contribution < 1.29 is 13.5 Å². The molecule has 1 unspecified atom stereocenters. The summed E-state index contributed by atoms with van der Waals surface area (Å²) < 4.78 is 25.9. The third kappa shape index (κ3) is 3.06. The second kappa shape index (κ2) is 5.62. The Bertz CT molecular complexity index is 470. The lowest BCUT2D eigenvalue weighted by Crippen LogP contribution is -2.34. The Labute approximate surface area is 103 Å². The van der Waals surface area contributed by atoms with Crippen LogP contribution in [0.3, 0.4) is 0 Å². The van der Waals surface area contributed by atoms with Gasteiger partial charge in [0.2, 0.25) is 10.0 Å². The average Bonchev–Trinajstić information content (AvgIpc) is 2.36. The van der Waals surface area contributed by atoms with Crippen LogP contribution in [-0.4, -0.2) is 30.9 Å². The smallest absolute Gasteiger partial charge is 0.243 e. The standard InChI is InChI=1S/C12H19NO3S/c1-4-10(2)13(3)17(15,16)12-7-5-6-11(8-12)9-14/h5-8,10,14H,4,9H2,1-3H3. The van der Waals surface area contributed by atoms with Crippen molar-refractivity contribution in [2.75, 3.05) is 7.05 Å². The fourth-order valence-corrected chi connectivity index (χ4v) is 2.97. The Morgan fingerprint density at radius 3 is 2.59 bits per heavy atom. The van der Waals surface area contributed by atoms with Gasteiger partial charge < -0.3 is 5.11 Å². The molecule has 0 aliphatic rings. The summed E-state index contributed by atoms with van der Waals surface area (Å²) in [5.41, 5.74) is 0.601. The highest BCUT2D eigenvalue weighted by atomic mass is 32.2. The minimum atomic E-state index is -3.46. The van der Waals surface area contributed by atoms with Gasteiger partial charge in [0.25, 0.3) is 0 Å². The molecule has 0 heterocycles. The summed E-state index contributed by atoms with van der Waals surface area (Å²) in [5.74, 6) is 0. The van der Waals surface area contributed by atoms with E-state index in [1.807, 2.05) is 13.8 Å². The predicted molar refractivity (Wildman–Crippen MR) is 67.1 cm³/mol. The molecule has 5 heteroatoms. The lowest BCUT2D eigenvalue weighted by molar-refractivity contribution is 0.281. The van der Waals surface area contributed by atoms with Crippen molar-refractivity contribution in [2.24, 2.45) is 0 Å². The van der Waals surface area contributed by atoms with Crippen LogP contribution in [-0.2, 0) is 16.6 Å². The SMILES string of the molecule is CCC(C)N(C)S(=O)(=O)c1cccc(CO)c1. The highest BCUT2D eigenvalue weighted by Gasteiger charge is 2.24. The quantitative estimate of drug-likeness (QED) is 0.871. The molecule has 17 heavy (non-hydrogen) atoms. The zero-order valence-corrected chi connectivity index (χ0v) is 11.2. The van der Waals surface area contributed by atoms with Crippen molar-refractivity contribution in [1.29, 1.82) is 0 Å². The maximum Gasteiger partial charge on any atom is 0.243 e. The molecule has 0 aliphatic heterocycles. The van der Waals surface area contributed by atoms with Crippen LogP contribution in [0.1, 0.15) is 25.8 Å². The summed E-state index contributed by atoms with van der Waals surface area (Å²) in [6, 6.07) is 6.35. The number of aliphatic hydroxyl groups is 1. The summed E-state index contributed by atoms with van der Waals surface area (Å²) in [5, 5.41) is 9.01. The van der Waals surface area contributed by atoms with E-state index in [0.717, 1.165) is 6.42 Å². The summed E-state index contributed by atoms with van der Waals surface area (Å²) in [4.78, 5) is 0.229. The van der Waals surface area contributed by atoms with Gasteiger partial charge in [-0.3, -0.25) is 0 Å². The first kappa shape index (κ1) is 14.2. The third-order valence-corrected chi connectivity index (χ3v) is 4.94. The Balaban J connectivity index is 3.12. The number of hydrogen-bond acceptors (Lipinski definition) is 3. The molecule has 0 radical (unpaired) electrons. The molecule has 96 valence electrons. The van der Waals surface area contributed by atoms with Gasteiger partial charge in [0, 0.05) is 13.1 Å². The van der Waals surface area contributed by atoms with Gasteiger partial charge in [-0.25, -0.2) is 8.42 Å². The number of benzene rings is 1. The van der Waals surface area contributed by atoms with Gasteiger partial charge in [-0.2, -0.15) is 4.31 Å². The molecule has 1 rings (SSSR count). The molecule has 0 aromatic heterocycles. The maximum atomic E-state index is 12.2. The molecule has 0 fully saturated rings. The lowest BCUT2D eigenvalue weighted by atomic mass is 10.2. The van der Waals surface area contributed by atoms with Crippen molar-refractivity contribution >= 4 is 10.0 Å². The monoisotopic (exact) mass is 257 g/mol. The Morgan fingerprint density at radius 1 is 1.41 bits per heavy atom. The van der Waals surface area contributed by atoms with Gasteiger partial charge in [0.1, 0.15) is 0 Å². The number of nitrogens with zero attached hydrogens (tertiary/aromatic N) is 1. The second-order valence-electron chi connectivity index (χ2n) is 4.08. The van der Waals surface area contributed by atoms with Gasteiger partial charge in [-0.1, -0.05) is 19.1 Å². The summed E-state index contributed by atoms with van der Waals surface area (Å²) in [6.45, 7) is 3.66. The molecule has 0 spiro atoms. The first-order valence-corrected chi connectivity index (χ1v) is 7.05. The Hall–Kier alpha value is -0.910. The minimum absolute atomic E-state index is 0.0437. The van der Waals surface area contributed by atoms with Crippen LogP contribution in [0.25, 0.3) is 0 Å². The molecular weight excluding hydrogens is 238 g/mol. The lowest BCUT2D eigenvalue weighted by Gasteiger charge is -2.23. The number of rotatable bonds is 5. The van der Waals surface area contributed by atoms with Crippen LogP contribution in [0.4, 0.5) is 0 Å². The molecule has 0 aliphatic carbocycles. The zero-order valence-electron chi connectivity index (χ0n) is 10.4. The molecule has 1 aromatic carbocycles. The molecule has 0 saturated carbocycles. The van der Waals surface area contributed by atoms with E-state index >= 15 is 0 Å². The zero-order chi connectivity index (χ0) is 13.1. The van der Waals surface area contributed by atoms with E-state index in [-0.39, 0.29) is 17.5 Å². The molecule has 4 nitrogen and oxygen atoms in total. The van der Waals surface area contributed by atoms with Crippen LogP contribution in [0.15, 0.2) is 29.2 Å². The van der Waals surface area contributed by atoms with E-state index in [9.17, 15) is 8.42 Å². The normalized spacial score (nSPS) is 13.9. The first-order valence-electron chi connectivity index (χ1n) is 5.61. The van der Waals surface area contributed by atoms with E-state index in [2.05, 4.69) is 0 Å². The predicted octanol–water partition coefficient (Wildman–Crippen LogP) is 1.60. The third-order valence-electron chi connectivity index (χ3n) is 2.97. The largest absolute Gasteiger partial charge is 0.392 e. The number of sulfonamides is 1. The molecule has 1 N–H and O–H groups in total. The molecule has 1 atom stereocenters. The number of hydrogen-bond donors (Lipinski definition) is 1. The fraction of sp³-hybridized carbons (Fsp3) is 0.500. The van der Waals surface area contributed by atoms with Gasteiger partial charge in [0.15, 0.2) is 0 Å². The summed E-state index contributed by atoms with van der Waals surface area (Å²) in [6.07, 6.45) is 0.759. The topological polar surface area (TPSA) is 57.6 Å². The van der Waals surface area contributed by atoms with E-state index in [1.54, 1.807) is 25.2 Å². The van der Waals surface area contributed by atoms with E-state index in [4.69, 9.17) is 5.11 Å². The van der Waals surface area contributed by atoms with E-state index in [1.165, 1.54) is 10.4 Å². The van der Waals surface area contributed by atoms with Crippen LogP contribution in [0, 0.1) is 0 Å². The highest BCUT2D eigenvalue weighted by molar-refractivity contribution is 7.89. The molecule has 0 bridgehead atoms. The van der Waals surface area contributed by atoms with Gasteiger partial charge in [-0.15, -0.1) is 0 Å². The average molecular weight is 257 g/mol. The second-order valence-corrected chi connectivity index (χ2v) is 6.08. The minimum Gasteiger partial charge on any atom is -0.392 e. The fourth-order valence-electron chi connectivity index (χ4n) is 1.46. The summed E-state index contributed by atoms with van der Waals surface area (Å²) in [7, 11) is -1.88. The molecule has 0 saturated heterocycles. The Kier molecular flexibility index (Phi) is 4.68. The van der Waals surface area contributed by atoms with Crippen molar-refractivity contribution in [3.63, 3.8) is 0 Å². The van der Waals surface area contributed by atoms with Crippen molar-refractivity contribution in [3.05, 3.63) is 29.8 Å². The van der Waals surface area contributed by atoms with Crippen LogP contribution in [0.2, 0.25) is 0 Å². The van der Waals surface area contributed by atoms with Crippen LogP contribution >= 0.6 is 0 Å². The number of aliphatic hydroxyl groups excluding tert-OH is 1. The van der Waals surface area contributed by atoms with Crippen LogP contribution < -0.4 is 0 Å². The summed E-state index contributed by atoms with van der Waals surface area (Å²) >= 11 is 0. The first-order chi connectivity index (χ1) is 7.93. The molecule has 1 aromatic rings. The van der Waals surface area contributed by atoms with Crippen molar-refractivity contribution in [2.45, 2.75) is 37.8 Å². The Morgan fingerprint density at radius 2 is 2.06 bits per heavy atom.